The molecule has 2 heterocycles. The van der Waals surface area contributed by atoms with Gasteiger partial charge in [0, 0.05) is 24.7 Å². The first-order valence-electron chi connectivity index (χ1n) is 7.86. The summed E-state index contributed by atoms with van der Waals surface area (Å²) in [5.41, 5.74) is 0.508. The molecule has 2 aromatic heterocycles. The summed E-state index contributed by atoms with van der Waals surface area (Å²) < 4.78 is 1.70. The van der Waals surface area contributed by atoms with E-state index >= 15 is 0 Å². The Hall–Kier alpha value is -1.89. The third-order valence-corrected chi connectivity index (χ3v) is 4.83. The van der Waals surface area contributed by atoms with E-state index in [9.17, 15) is 4.79 Å². The summed E-state index contributed by atoms with van der Waals surface area (Å²) >= 11 is 1.55. The van der Waals surface area contributed by atoms with Crippen molar-refractivity contribution in [3.63, 3.8) is 0 Å². The van der Waals surface area contributed by atoms with Gasteiger partial charge in [-0.3, -0.25) is 10.00 Å². The zero-order valence-corrected chi connectivity index (χ0v) is 15.2. The molecule has 0 saturated heterocycles. The number of carbonyl (C=O) groups excluding carboxylic acids is 1. The molecular weight excluding hydrogens is 310 g/mol. The smallest absolute Gasteiger partial charge is 0.321 e. The summed E-state index contributed by atoms with van der Waals surface area (Å²) in [5.74, 6) is 1.22. The Balaban J connectivity index is 2.06. The van der Waals surface area contributed by atoms with E-state index in [0.29, 0.717) is 11.7 Å². The number of aryl methyl sites for hydroxylation is 1. The van der Waals surface area contributed by atoms with E-state index in [4.69, 9.17) is 0 Å². The fraction of sp³-hybridized carbons (Fsp3) is 0.562. The second kappa shape index (κ2) is 7.12. The van der Waals surface area contributed by atoms with Gasteiger partial charge in [0.15, 0.2) is 0 Å². The molecule has 0 aliphatic heterocycles. The summed E-state index contributed by atoms with van der Waals surface area (Å²) in [6, 6.07) is 1.68. The zero-order valence-electron chi connectivity index (χ0n) is 14.4. The summed E-state index contributed by atoms with van der Waals surface area (Å²) in [6.07, 6.45) is 3.41. The highest BCUT2D eigenvalue weighted by molar-refractivity contribution is 7.09. The minimum absolute atomic E-state index is 0.247. The molecule has 23 heavy (non-hydrogen) atoms. The van der Waals surface area contributed by atoms with Gasteiger partial charge in [-0.1, -0.05) is 20.8 Å². The van der Waals surface area contributed by atoms with Gasteiger partial charge in [-0.05, 0) is 25.7 Å². The maximum Gasteiger partial charge on any atom is 0.321 e. The van der Waals surface area contributed by atoms with E-state index < -0.39 is 5.54 Å². The van der Waals surface area contributed by atoms with Crippen LogP contribution in [0.5, 0.6) is 0 Å². The summed E-state index contributed by atoms with van der Waals surface area (Å²) in [5, 5.41) is 13.2. The molecule has 0 spiro atoms. The number of rotatable bonds is 6. The number of hydrogen-bond donors (Lipinski definition) is 2. The first kappa shape index (κ1) is 17.5. The Morgan fingerprint density at radius 2 is 2.22 bits per heavy atom. The Labute approximate surface area is 141 Å². The number of carbonyl (C=O) groups is 1. The highest BCUT2D eigenvalue weighted by atomic mass is 32.1. The number of nitrogens with zero attached hydrogens (tertiary/aromatic N) is 3. The van der Waals surface area contributed by atoms with Crippen molar-refractivity contribution in [3.8, 4) is 0 Å². The zero-order chi connectivity index (χ0) is 17.0. The van der Waals surface area contributed by atoms with Crippen LogP contribution in [0, 0.1) is 5.92 Å². The van der Waals surface area contributed by atoms with Crippen molar-refractivity contribution >= 4 is 23.2 Å². The van der Waals surface area contributed by atoms with Crippen LogP contribution in [0.15, 0.2) is 17.6 Å². The van der Waals surface area contributed by atoms with E-state index in [-0.39, 0.29) is 6.03 Å². The third-order valence-electron chi connectivity index (χ3n) is 3.79. The van der Waals surface area contributed by atoms with E-state index in [1.165, 1.54) is 0 Å². The molecular formula is C16H25N5OS. The predicted molar refractivity (Wildman–Crippen MR) is 93.7 cm³/mol. The van der Waals surface area contributed by atoms with Crippen molar-refractivity contribution in [2.75, 3.05) is 5.32 Å². The van der Waals surface area contributed by atoms with Gasteiger partial charge in [0.05, 0.1) is 11.2 Å². The molecule has 0 unspecified atom stereocenters. The Kier molecular flexibility index (Phi) is 5.41. The molecule has 126 valence electrons. The van der Waals surface area contributed by atoms with Crippen LogP contribution in [-0.2, 0) is 19.0 Å². The normalized spacial score (nSPS) is 13.8. The van der Waals surface area contributed by atoms with Gasteiger partial charge in [-0.15, -0.1) is 11.3 Å². The molecule has 0 aromatic carbocycles. The van der Waals surface area contributed by atoms with Crippen LogP contribution < -0.4 is 10.6 Å². The lowest BCUT2D eigenvalue weighted by molar-refractivity contribution is 0.237. The van der Waals surface area contributed by atoms with Gasteiger partial charge in [-0.25, -0.2) is 9.78 Å². The number of thiazole rings is 1. The van der Waals surface area contributed by atoms with Crippen molar-refractivity contribution in [1.29, 1.82) is 0 Å². The molecule has 0 fully saturated rings. The van der Waals surface area contributed by atoms with Gasteiger partial charge in [0.25, 0.3) is 0 Å². The van der Waals surface area contributed by atoms with Gasteiger partial charge in [-0.2, -0.15) is 5.10 Å². The molecule has 7 heteroatoms. The van der Waals surface area contributed by atoms with Gasteiger partial charge in [0.2, 0.25) is 0 Å². The molecule has 0 saturated carbocycles. The van der Waals surface area contributed by atoms with Crippen molar-refractivity contribution in [3.05, 3.63) is 28.3 Å². The van der Waals surface area contributed by atoms with Crippen LogP contribution >= 0.6 is 11.3 Å². The molecule has 0 aliphatic rings. The minimum atomic E-state index is -0.475. The second-order valence-electron chi connectivity index (χ2n) is 6.34. The Morgan fingerprint density at radius 3 is 2.78 bits per heavy atom. The van der Waals surface area contributed by atoms with Crippen LogP contribution in [0.3, 0.4) is 0 Å². The number of aromatic nitrogens is 3. The van der Waals surface area contributed by atoms with E-state index in [0.717, 1.165) is 23.5 Å². The molecule has 6 nitrogen and oxygen atoms in total. The maximum atomic E-state index is 12.4. The minimum Gasteiger partial charge on any atom is -0.326 e. The molecule has 0 bridgehead atoms. The van der Waals surface area contributed by atoms with Gasteiger partial charge in [0.1, 0.15) is 10.8 Å². The predicted octanol–water partition coefficient (Wildman–Crippen LogP) is 3.52. The molecule has 2 rings (SSSR count). The fourth-order valence-electron chi connectivity index (χ4n) is 2.35. The summed E-state index contributed by atoms with van der Waals surface area (Å²) in [4.78, 5) is 16.7. The Morgan fingerprint density at radius 1 is 1.48 bits per heavy atom. The maximum absolute atomic E-state index is 12.4. The molecule has 0 aliphatic carbocycles. The average molecular weight is 335 g/mol. The largest absolute Gasteiger partial charge is 0.326 e. The van der Waals surface area contributed by atoms with E-state index in [1.807, 2.05) is 32.3 Å². The monoisotopic (exact) mass is 335 g/mol. The quantitative estimate of drug-likeness (QED) is 0.848. The van der Waals surface area contributed by atoms with Crippen LogP contribution in [-0.4, -0.2) is 20.8 Å². The molecule has 2 N–H and O–H groups in total. The standard InChI is InChI=1S/C16H25N5OS/c1-6-16(4,14-17-7-8-23-14)19-15(22)18-13-10-12(9-11(2)3)20-21(13)5/h7-8,10-11H,6,9H2,1-5H3,(H2,18,19,22)/t16-/m1/s1. The van der Waals surface area contributed by atoms with Crippen LogP contribution in [0.1, 0.15) is 44.8 Å². The number of amides is 2. The Bertz CT molecular complexity index is 649. The van der Waals surface area contributed by atoms with Crippen molar-refractivity contribution in [1.82, 2.24) is 20.1 Å². The van der Waals surface area contributed by atoms with Crippen LogP contribution in [0.4, 0.5) is 10.6 Å². The molecule has 0 radical (unpaired) electrons. The van der Waals surface area contributed by atoms with Crippen molar-refractivity contribution in [2.45, 2.75) is 46.1 Å². The molecule has 2 amide bonds. The topological polar surface area (TPSA) is 71.8 Å². The average Bonchev–Trinajstić information content (AvgIpc) is 3.09. The fourth-order valence-corrected chi connectivity index (χ4v) is 3.18. The highest BCUT2D eigenvalue weighted by Crippen LogP contribution is 2.26. The number of hydrogen-bond acceptors (Lipinski definition) is 4. The van der Waals surface area contributed by atoms with E-state index in [1.54, 1.807) is 22.2 Å². The van der Waals surface area contributed by atoms with E-state index in [2.05, 4.69) is 34.6 Å². The lowest BCUT2D eigenvalue weighted by Crippen LogP contribution is -2.45. The first-order chi connectivity index (χ1) is 10.8. The second-order valence-corrected chi connectivity index (χ2v) is 7.24. The molecule has 1 atom stereocenters. The number of nitrogens with one attached hydrogen (secondary N) is 2. The SMILES string of the molecule is CC[C@@](C)(NC(=O)Nc1cc(CC(C)C)nn1C)c1nccs1. The summed E-state index contributed by atoms with van der Waals surface area (Å²) in [7, 11) is 1.83. The lowest BCUT2D eigenvalue weighted by Gasteiger charge is -2.27. The third kappa shape index (κ3) is 4.31. The first-order valence-corrected chi connectivity index (χ1v) is 8.74. The van der Waals surface area contributed by atoms with Crippen molar-refractivity contribution < 1.29 is 4.79 Å². The van der Waals surface area contributed by atoms with Crippen LogP contribution in [0.2, 0.25) is 0 Å². The number of urea groups is 1. The van der Waals surface area contributed by atoms with Gasteiger partial charge < -0.3 is 5.32 Å². The summed E-state index contributed by atoms with van der Waals surface area (Å²) in [6.45, 7) is 8.32. The van der Waals surface area contributed by atoms with Crippen LogP contribution in [0.25, 0.3) is 0 Å². The highest BCUT2D eigenvalue weighted by Gasteiger charge is 2.29. The number of anilines is 1. The van der Waals surface area contributed by atoms with Gasteiger partial charge >= 0.3 is 6.03 Å². The molecule has 2 aromatic rings. The van der Waals surface area contributed by atoms with Crippen molar-refractivity contribution in [2.24, 2.45) is 13.0 Å². The lowest BCUT2D eigenvalue weighted by atomic mass is 10.0.